The van der Waals surface area contributed by atoms with E-state index in [1.165, 1.54) is 12.0 Å². The lowest BCUT2D eigenvalue weighted by Crippen LogP contribution is -2.42. The Hall–Kier alpha value is -2.34. The number of aliphatic imine (C=N–C) groups is 1. The Balaban J connectivity index is 1.83. The van der Waals surface area contributed by atoms with Gasteiger partial charge in [0.1, 0.15) is 0 Å². The highest BCUT2D eigenvalue weighted by molar-refractivity contribution is 5.80. The summed E-state index contributed by atoms with van der Waals surface area (Å²) in [5, 5.41) is 11.4. The molecule has 1 aromatic heterocycles. The van der Waals surface area contributed by atoms with Crippen LogP contribution in [0.5, 0.6) is 0 Å². The van der Waals surface area contributed by atoms with Crippen molar-refractivity contribution in [3.05, 3.63) is 53.9 Å². The molecule has 0 aliphatic carbocycles. The quantitative estimate of drug-likeness (QED) is 0.424. The molecule has 29 heavy (non-hydrogen) atoms. The highest BCUT2D eigenvalue weighted by Crippen LogP contribution is 2.05. The van der Waals surface area contributed by atoms with Crippen molar-refractivity contribution in [2.24, 2.45) is 4.99 Å². The third kappa shape index (κ3) is 8.69. The van der Waals surface area contributed by atoms with E-state index >= 15 is 0 Å². The van der Waals surface area contributed by atoms with Crippen LogP contribution in [-0.2, 0) is 13.1 Å². The van der Waals surface area contributed by atoms with Gasteiger partial charge in [0.2, 0.25) is 0 Å². The first kappa shape index (κ1) is 22.9. The van der Waals surface area contributed by atoms with Gasteiger partial charge in [0.15, 0.2) is 5.96 Å². The zero-order chi connectivity index (χ0) is 20.9. The molecule has 0 bridgehead atoms. The summed E-state index contributed by atoms with van der Waals surface area (Å²) in [6.45, 7) is 14.4. The SMILES string of the molecule is CCNC(=NCc1cnn(Cc2ccccc2)c1)NC(C)CCCN(CC)CC. The van der Waals surface area contributed by atoms with Gasteiger partial charge in [-0.05, 0) is 51.9 Å². The molecular formula is C23H38N6. The second-order valence-electron chi connectivity index (χ2n) is 7.44. The Labute approximate surface area is 176 Å². The first-order chi connectivity index (χ1) is 14.1. The van der Waals surface area contributed by atoms with Gasteiger partial charge in [0.25, 0.3) is 0 Å². The molecule has 2 N–H and O–H groups in total. The maximum absolute atomic E-state index is 4.75. The molecule has 0 saturated carbocycles. The van der Waals surface area contributed by atoms with Gasteiger partial charge in [-0.15, -0.1) is 0 Å². The first-order valence-electron chi connectivity index (χ1n) is 11.0. The molecule has 6 heteroatoms. The van der Waals surface area contributed by atoms with Crippen molar-refractivity contribution in [2.45, 2.75) is 59.7 Å². The van der Waals surface area contributed by atoms with E-state index in [1.54, 1.807) is 0 Å². The maximum Gasteiger partial charge on any atom is 0.191 e. The summed E-state index contributed by atoms with van der Waals surface area (Å²) < 4.78 is 1.97. The number of hydrogen-bond donors (Lipinski definition) is 2. The van der Waals surface area contributed by atoms with Crippen molar-refractivity contribution in [3.8, 4) is 0 Å². The molecule has 160 valence electrons. The number of rotatable bonds is 12. The number of aromatic nitrogens is 2. The molecule has 0 radical (unpaired) electrons. The lowest BCUT2D eigenvalue weighted by molar-refractivity contribution is 0.292. The molecule has 2 rings (SSSR count). The smallest absolute Gasteiger partial charge is 0.191 e. The average Bonchev–Trinajstić information content (AvgIpc) is 3.17. The first-order valence-corrected chi connectivity index (χ1v) is 11.0. The van der Waals surface area contributed by atoms with Gasteiger partial charge in [-0.3, -0.25) is 4.68 Å². The van der Waals surface area contributed by atoms with Crippen LogP contribution in [0.25, 0.3) is 0 Å². The van der Waals surface area contributed by atoms with Crippen molar-refractivity contribution >= 4 is 5.96 Å². The maximum atomic E-state index is 4.75. The number of guanidine groups is 1. The van der Waals surface area contributed by atoms with Gasteiger partial charge in [-0.25, -0.2) is 4.99 Å². The molecule has 0 saturated heterocycles. The summed E-state index contributed by atoms with van der Waals surface area (Å²) in [6.07, 6.45) is 6.31. The molecule has 1 heterocycles. The molecule has 6 nitrogen and oxygen atoms in total. The lowest BCUT2D eigenvalue weighted by atomic mass is 10.2. The number of nitrogens with zero attached hydrogens (tertiary/aromatic N) is 4. The van der Waals surface area contributed by atoms with E-state index in [4.69, 9.17) is 4.99 Å². The minimum atomic E-state index is 0.393. The van der Waals surface area contributed by atoms with E-state index < -0.39 is 0 Å². The summed E-state index contributed by atoms with van der Waals surface area (Å²) in [5.41, 5.74) is 2.37. The van der Waals surface area contributed by atoms with Crippen LogP contribution in [0.3, 0.4) is 0 Å². The van der Waals surface area contributed by atoms with E-state index in [0.717, 1.165) is 50.7 Å². The molecule has 2 aromatic rings. The number of benzene rings is 1. The highest BCUT2D eigenvalue weighted by atomic mass is 15.3. The Kier molecular flexibility index (Phi) is 10.3. The topological polar surface area (TPSA) is 57.5 Å². The summed E-state index contributed by atoms with van der Waals surface area (Å²) in [6, 6.07) is 10.8. The molecular weight excluding hydrogens is 360 g/mol. The minimum Gasteiger partial charge on any atom is -0.357 e. The third-order valence-corrected chi connectivity index (χ3v) is 5.03. The molecule has 0 amide bonds. The summed E-state index contributed by atoms with van der Waals surface area (Å²) in [5.74, 6) is 0.874. The molecule has 0 aliphatic rings. The average molecular weight is 399 g/mol. The number of nitrogens with one attached hydrogen (secondary N) is 2. The van der Waals surface area contributed by atoms with Crippen LogP contribution in [0.15, 0.2) is 47.7 Å². The van der Waals surface area contributed by atoms with E-state index in [9.17, 15) is 0 Å². The Bertz CT molecular complexity index is 705. The van der Waals surface area contributed by atoms with Crippen molar-refractivity contribution < 1.29 is 0 Å². The van der Waals surface area contributed by atoms with Crippen LogP contribution in [0, 0.1) is 0 Å². The van der Waals surface area contributed by atoms with E-state index in [1.807, 2.05) is 16.9 Å². The summed E-state index contributed by atoms with van der Waals surface area (Å²) >= 11 is 0. The molecule has 1 unspecified atom stereocenters. The van der Waals surface area contributed by atoms with Crippen molar-refractivity contribution in [1.82, 2.24) is 25.3 Å². The Morgan fingerprint density at radius 3 is 2.59 bits per heavy atom. The van der Waals surface area contributed by atoms with Crippen LogP contribution in [-0.4, -0.2) is 52.9 Å². The molecule has 0 aliphatic heterocycles. The Morgan fingerprint density at radius 2 is 1.90 bits per heavy atom. The summed E-state index contributed by atoms with van der Waals surface area (Å²) in [7, 11) is 0. The minimum absolute atomic E-state index is 0.393. The normalized spacial score (nSPS) is 12.9. The van der Waals surface area contributed by atoms with Crippen LogP contribution < -0.4 is 10.6 Å². The third-order valence-electron chi connectivity index (χ3n) is 5.03. The van der Waals surface area contributed by atoms with Gasteiger partial charge in [0.05, 0.1) is 19.3 Å². The van der Waals surface area contributed by atoms with Crippen molar-refractivity contribution in [1.29, 1.82) is 0 Å². The monoisotopic (exact) mass is 398 g/mol. The largest absolute Gasteiger partial charge is 0.357 e. The van der Waals surface area contributed by atoms with Crippen LogP contribution >= 0.6 is 0 Å². The predicted molar refractivity (Wildman–Crippen MR) is 122 cm³/mol. The summed E-state index contributed by atoms with van der Waals surface area (Å²) in [4.78, 5) is 7.22. The standard InChI is InChI=1S/C23H38N6/c1-5-24-23(27-20(4)12-11-15-28(6-2)7-3)25-16-22-17-26-29(19-22)18-21-13-9-8-10-14-21/h8-10,13-14,17,19-20H,5-7,11-12,15-16,18H2,1-4H3,(H2,24,25,27). The highest BCUT2D eigenvalue weighted by Gasteiger charge is 2.07. The van der Waals surface area contributed by atoms with Gasteiger partial charge < -0.3 is 15.5 Å². The zero-order valence-electron chi connectivity index (χ0n) is 18.6. The molecule has 0 fully saturated rings. The fourth-order valence-corrected chi connectivity index (χ4v) is 3.30. The molecule has 0 spiro atoms. The second kappa shape index (κ2) is 13.0. The van der Waals surface area contributed by atoms with Gasteiger partial charge in [-0.1, -0.05) is 44.2 Å². The van der Waals surface area contributed by atoms with Crippen LogP contribution in [0.2, 0.25) is 0 Å². The van der Waals surface area contributed by atoms with E-state index in [2.05, 4.69) is 78.8 Å². The second-order valence-corrected chi connectivity index (χ2v) is 7.44. The fraction of sp³-hybridized carbons (Fsp3) is 0.565. The van der Waals surface area contributed by atoms with Crippen LogP contribution in [0.1, 0.15) is 51.7 Å². The number of hydrogen-bond acceptors (Lipinski definition) is 3. The Morgan fingerprint density at radius 1 is 1.14 bits per heavy atom. The fourth-order valence-electron chi connectivity index (χ4n) is 3.30. The van der Waals surface area contributed by atoms with Crippen LogP contribution in [0.4, 0.5) is 0 Å². The molecule has 1 atom stereocenters. The molecule has 1 aromatic carbocycles. The lowest BCUT2D eigenvalue weighted by Gasteiger charge is -2.21. The van der Waals surface area contributed by atoms with Gasteiger partial charge in [-0.2, -0.15) is 5.10 Å². The zero-order valence-corrected chi connectivity index (χ0v) is 18.6. The van der Waals surface area contributed by atoms with Crippen molar-refractivity contribution in [3.63, 3.8) is 0 Å². The van der Waals surface area contributed by atoms with E-state index in [-0.39, 0.29) is 0 Å². The van der Waals surface area contributed by atoms with Gasteiger partial charge >= 0.3 is 0 Å². The van der Waals surface area contributed by atoms with Crippen molar-refractivity contribution in [2.75, 3.05) is 26.2 Å². The van der Waals surface area contributed by atoms with Gasteiger partial charge in [0, 0.05) is 24.3 Å². The van der Waals surface area contributed by atoms with E-state index in [0.29, 0.717) is 12.6 Å². The predicted octanol–water partition coefficient (Wildman–Crippen LogP) is 3.50.